The SMILES string of the molecule is CC(C)=CCC[C@@H](C)[C@H]1CC[C@H]2[C@@H]3CC(N=O)C4=CC(N=O)CC[C@]4(C)[C@H]3CC[C@]12C. The van der Waals surface area contributed by atoms with Crippen LogP contribution in [0, 0.1) is 50.2 Å². The number of hydrogen-bond donors (Lipinski definition) is 0. The molecule has 4 aliphatic carbocycles. The zero-order valence-electron chi connectivity index (χ0n) is 20.3. The van der Waals surface area contributed by atoms with E-state index in [0.29, 0.717) is 23.2 Å². The van der Waals surface area contributed by atoms with Gasteiger partial charge in [-0.1, -0.05) is 48.9 Å². The Kier molecular flexibility index (Phi) is 6.31. The van der Waals surface area contributed by atoms with Gasteiger partial charge in [0.05, 0.1) is 0 Å². The normalized spacial score (nSPS) is 44.9. The molecule has 0 aromatic rings. The lowest BCUT2D eigenvalue weighted by atomic mass is 9.45. The van der Waals surface area contributed by atoms with Gasteiger partial charge in [0.2, 0.25) is 0 Å². The number of nitrogens with zero attached hydrogens (tertiary/aromatic N) is 2. The Morgan fingerprint density at radius 3 is 2.55 bits per heavy atom. The lowest BCUT2D eigenvalue weighted by Crippen LogP contribution is -2.54. The summed E-state index contributed by atoms with van der Waals surface area (Å²) < 4.78 is 0. The van der Waals surface area contributed by atoms with E-state index in [4.69, 9.17) is 0 Å². The average molecular weight is 427 g/mol. The molecule has 31 heavy (non-hydrogen) atoms. The summed E-state index contributed by atoms with van der Waals surface area (Å²) in [5.41, 5.74) is 3.00. The van der Waals surface area contributed by atoms with E-state index in [1.54, 1.807) is 0 Å². The van der Waals surface area contributed by atoms with E-state index in [2.05, 4.69) is 51.0 Å². The predicted molar refractivity (Wildman–Crippen MR) is 128 cm³/mol. The van der Waals surface area contributed by atoms with Crippen molar-refractivity contribution in [1.82, 2.24) is 0 Å². The average Bonchev–Trinajstić information content (AvgIpc) is 3.09. The second-order valence-electron chi connectivity index (χ2n) is 12.0. The Balaban J connectivity index is 1.58. The maximum atomic E-state index is 11.9. The van der Waals surface area contributed by atoms with Crippen LogP contribution in [0.25, 0.3) is 0 Å². The van der Waals surface area contributed by atoms with Crippen LogP contribution in [0.1, 0.15) is 92.4 Å². The lowest BCUT2D eigenvalue weighted by Gasteiger charge is -2.59. The lowest BCUT2D eigenvalue weighted by molar-refractivity contribution is -0.0628. The van der Waals surface area contributed by atoms with Crippen LogP contribution >= 0.6 is 0 Å². The first kappa shape index (κ1) is 22.9. The van der Waals surface area contributed by atoms with Gasteiger partial charge in [-0.15, -0.1) is 0 Å². The van der Waals surface area contributed by atoms with Gasteiger partial charge >= 0.3 is 0 Å². The number of rotatable bonds is 6. The van der Waals surface area contributed by atoms with Crippen molar-refractivity contribution in [2.24, 2.45) is 50.8 Å². The Morgan fingerprint density at radius 1 is 1.10 bits per heavy atom. The minimum absolute atomic E-state index is 0.0250. The molecule has 0 radical (unpaired) electrons. The van der Waals surface area contributed by atoms with E-state index in [0.717, 1.165) is 36.7 Å². The van der Waals surface area contributed by atoms with E-state index < -0.39 is 0 Å². The van der Waals surface area contributed by atoms with Gasteiger partial charge in [-0.3, -0.25) is 0 Å². The van der Waals surface area contributed by atoms with Crippen molar-refractivity contribution < 1.29 is 0 Å². The molecule has 0 amide bonds. The van der Waals surface area contributed by atoms with Crippen LogP contribution in [0.2, 0.25) is 0 Å². The molecule has 0 spiro atoms. The molecular weight excluding hydrogens is 384 g/mol. The summed E-state index contributed by atoms with van der Waals surface area (Å²) in [5, 5.41) is 6.91. The highest BCUT2D eigenvalue weighted by Crippen LogP contribution is 2.68. The number of nitroso groups, excluding NO2 is 2. The van der Waals surface area contributed by atoms with Crippen LogP contribution in [0.3, 0.4) is 0 Å². The molecular formula is C27H42N2O2. The molecule has 0 saturated heterocycles. The summed E-state index contributed by atoms with van der Waals surface area (Å²) in [7, 11) is 0. The molecule has 9 atom stereocenters. The monoisotopic (exact) mass is 426 g/mol. The zero-order chi connectivity index (χ0) is 22.4. The fourth-order valence-corrected chi connectivity index (χ4v) is 8.75. The molecule has 172 valence electrons. The van der Waals surface area contributed by atoms with Gasteiger partial charge in [0.25, 0.3) is 0 Å². The topological polar surface area (TPSA) is 58.9 Å². The van der Waals surface area contributed by atoms with E-state index in [1.807, 2.05) is 6.08 Å². The van der Waals surface area contributed by atoms with Crippen molar-refractivity contribution >= 4 is 0 Å². The van der Waals surface area contributed by atoms with Gasteiger partial charge in [-0.25, -0.2) is 0 Å². The minimum Gasteiger partial charge on any atom is -0.150 e. The highest BCUT2D eigenvalue weighted by Gasteiger charge is 2.61. The maximum absolute atomic E-state index is 11.9. The molecule has 0 aromatic heterocycles. The molecule has 4 aliphatic rings. The third kappa shape index (κ3) is 3.76. The first-order chi connectivity index (χ1) is 14.7. The Hall–Kier alpha value is -1.32. The fraction of sp³-hybridized carbons (Fsp3) is 0.852. The van der Waals surface area contributed by atoms with E-state index in [-0.39, 0.29) is 17.5 Å². The molecule has 4 heteroatoms. The summed E-state index contributed by atoms with van der Waals surface area (Å²) in [5.74, 6) is 3.49. The van der Waals surface area contributed by atoms with Gasteiger partial charge < -0.3 is 0 Å². The highest BCUT2D eigenvalue weighted by molar-refractivity contribution is 5.31. The van der Waals surface area contributed by atoms with Crippen molar-refractivity contribution in [3.8, 4) is 0 Å². The van der Waals surface area contributed by atoms with Crippen molar-refractivity contribution in [2.75, 3.05) is 0 Å². The maximum Gasteiger partial charge on any atom is 0.114 e. The van der Waals surface area contributed by atoms with Crippen molar-refractivity contribution in [1.29, 1.82) is 0 Å². The molecule has 2 unspecified atom stereocenters. The van der Waals surface area contributed by atoms with Gasteiger partial charge in [-0.05, 0) is 118 Å². The molecule has 0 aromatic carbocycles. The molecule has 0 aliphatic heterocycles. The Labute approximate surface area is 188 Å². The summed E-state index contributed by atoms with van der Waals surface area (Å²) in [6.07, 6.45) is 14.8. The molecule has 0 heterocycles. The predicted octanol–water partition coefficient (Wildman–Crippen LogP) is 7.83. The second kappa shape index (κ2) is 8.56. The molecule has 4 nitrogen and oxygen atoms in total. The summed E-state index contributed by atoms with van der Waals surface area (Å²) in [6, 6.07) is -0.525. The fourth-order valence-electron chi connectivity index (χ4n) is 8.75. The second-order valence-corrected chi connectivity index (χ2v) is 12.0. The number of hydrogen-bond acceptors (Lipinski definition) is 4. The number of fused-ring (bicyclic) bond motifs is 5. The first-order valence-electron chi connectivity index (χ1n) is 12.7. The third-order valence-corrected chi connectivity index (χ3v) is 10.3. The van der Waals surface area contributed by atoms with Crippen LogP contribution < -0.4 is 0 Å². The van der Waals surface area contributed by atoms with E-state index in [1.165, 1.54) is 44.1 Å². The van der Waals surface area contributed by atoms with Crippen molar-refractivity contribution in [3.63, 3.8) is 0 Å². The minimum atomic E-state index is -0.268. The third-order valence-electron chi connectivity index (χ3n) is 10.3. The zero-order valence-corrected chi connectivity index (χ0v) is 20.3. The quantitative estimate of drug-likeness (QED) is 0.321. The summed E-state index contributed by atoms with van der Waals surface area (Å²) >= 11 is 0. The van der Waals surface area contributed by atoms with E-state index in [9.17, 15) is 9.81 Å². The van der Waals surface area contributed by atoms with Gasteiger partial charge in [-0.2, -0.15) is 9.81 Å². The van der Waals surface area contributed by atoms with Crippen LogP contribution in [-0.2, 0) is 0 Å². The molecule has 0 N–H and O–H groups in total. The van der Waals surface area contributed by atoms with Crippen LogP contribution in [0.5, 0.6) is 0 Å². The van der Waals surface area contributed by atoms with Crippen molar-refractivity contribution in [2.45, 2.75) is 104 Å². The molecule has 0 bridgehead atoms. The molecule has 3 saturated carbocycles. The smallest absolute Gasteiger partial charge is 0.114 e. The number of allylic oxidation sites excluding steroid dienone is 2. The largest absolute Gasteiger partial charge is 0.150 e. The van der Waals surface area contributed by atoms with E-state index >= 15 is 0 Å². The summed E-state index contributed by atoms with van der Waals surface area (Å²) in [6.45, 7) is 11.8. The standard InChI is InChI=1S/C27H42N2O2/c1-17(2)7-6-8-18(3)21-9-10-22-20-16-25(29-31)24-15-19(28-30)11-13-27(24,5)23(20)12-14-26(21,22)4/h7,15,18-23,25H,6,8-14,16H2,1-5H3/t18-,19?,20+,21-,22+,23+,25?,26-,27-/m1/s1. The first-order valence-corrected chi connectivity index (χ1v) is 12.7. The van der Waals surface area contributed by atoms with Gasteiger partial charge in [0.1, 0.15) is 12.1 Å². The van der Waals surface area contributed by atoms with Crippen LogP contribution in [0.15, 0.2) is 33.7 Å². The molecule has 3 fully saturated rings. The van der Waals surface area contributed by atoms with Gasteiger partial charge in [0.15, 0.2) is 0 Å². The van der Waals surface area contributed by atoms with Crippen LogP contribution in [-0.4, -0.2) is 12.1 Å². The highest BCUT2D eigenvalue weighted by atomic mass is 16.3. The Bertz CT molecular complexity index is 769. The van der Waals surface area contributed by atoms with Crippen LogP contribution in [0.4, 0.5) is 0 Å². The Morgan fingerprint density at radius 2 is 1.87 bits per heavy atom. The summed E-state index contributed by atoms with van der Waals surface area (Å²) in [4.78, 5) is 23.2. The van der Waals surface area contributed by atoms with Gasteiger partial charge in [0, 0.05) is 0 Å². The molecule has 4 rings (SSSR count). The van der Waals surface area contributed by atoms with Crippen molar-refractivity contribution in [3.05, 3.63) is 33.1 Å².